The molecule has 0 radical (unpaired) electrons. The van der Waals surface area contributed by atoms with E-state index in [4.69, 9.17) is 0 Å². The Bertz CT molecular complexity index is 3280. The third-order valence-corrected chi connectivity index (χ3v) is 11.6. The van der Waals surface area contributed by atoms with Crippen LogP contribution in [-0.4, -0.2) is 0 Å². The van der Waals surface area contributed by atoms with E-state index < -0.39 is 0 Å². The fourth-order valence-electron chi connectivity index (χ4n) is 8.68. The summed E-state index contributed by atoms with van der Waals surface area (Å²) in [5, 5.41) is 12.6. The highest BCUT2D eigenvalue weighted by atomic mass is 14.2. The van der Waals surface area contributed by atoms with E-state index in [1.807, 2.05) is 0 Å². The molecule has 260 valence electrons. The normalized spacial score (nSPS) is 11.6. The van der Waals surface area contributed by atoms with Gasteiger partial charge in [-0.3, -0.25) is 0 Å². The van der Waals surface area contributed by atoms with Gasteiger partial charge in [-0.2, -0.15) is 0 Å². The highest BCUT2D eigenvalue weighted by Gasteiger charge is 2.16. The molecule has 0 spiro atoms. The van der Waals surface area contributed by atoms with Crippen molar-refractivity contribution in [3.8, 4) is 55.6 Å². The summed E-state index contributed by atoms with van der Waals surface area (Å²) in [5.74, 6) is 0. The predicted molar refractivity (Wildman–Crippen MR) is 241 cm³/mol. The Kier molecular flexibility index (Phi) is 7.60. The van der Waals surface area contributed by atoms with Crippen molar-refractivity contribution in [3.63, 3.8) is 0 Å². The zero-order valence-electron chi connectivity index (χ0n) is 30.8. The third-order valence-electron chi connectivity index (χ3n) is 11.6. The summed E-state index contributed by atoms with van der Waals surface area (Å²) in [6.45, 7) is 0. The van der Waals surface area contributed by atoms with Gasteiger partial charge in [0.05, 0.1) is 0 Å². The van der Waals surface area contributed by atoms with E-state index in [2.05, 4.69) is 218 Å². The summed E-state index contributed by atoms with van der Waals surface area (Å²) >= 11 is 0. The van der Waals surface area contributed by atoms with Crippen molar-refractivity contribution < 1.29 is 0 Å². The largest absolute Gasteiger partial charge is 0.0622 e. The molecular formula is C56H36. The molecule has 0 aliphatic heterocycles. The number of hydrogen-bond donors (Lipinski definition) is 0. The van der Waals surface area contributed by atoms with Crippen molar-refractivity contribution in [2.24, 2.45) is 0 Å². The maximum Gasteiger partial charge on any atom is -0.00926 e. The van der Waals surface area contributed by atoms with Crippen LogP contribution < -0.4 is 0 Å². The number of fused-ring (bicyclic) bond motifs is 6. The molecule has 0 fully saturated rings. The van der Waals surface area contributed by atoms with Gasteiger partial charge in [0.15, 0.2) is 0 Å². The predicted octanol–water partition coefficient (Wildman–Crippen LogP) is 15.8. The van der Waals surface area contributed by atoms with Gasteiger partial charge in [-0.1, -0.05) is 170 Å². The van der Waals surface area contributed by atoms with E-state index in [0.717, 1.165) is 0 Å². The van der Waals surface area contributed by atoms with Crippen LogP contribution in [0.5, 0.6) is 0 Å². The van der Waals surface area contributed by atoms with Gasteiger partial charge in [0.1, 0.15) is 0 Å². The van der Waals surface area contributed by atoms with Gasteiger partial charge in [-0.25, -0.2) is 0 Å². The third kappa shape index (κ3) is 5.63. The van der Waals surface area contributed by atoms with Gasteiger partial charge >= 0.3 is 0 Å². The molecule has 0 heteroatoms. The van der Waals surface area contributed by atoms with Gasteiger partial charge in [-0.05, 0) is 158 Å². The molecular weight excluding hydrogens is 673 g/mol. The lowest BCUT2D eigenvalue weighted by molar-refractivity contribution is 1.60. The van der Waals surface area contributed by atoms with Gasteiger partial charge in [-0.15, -0.1) is 0 Å². The van der Waals surface area contributed by atoms with Gasteiger partial charge in [0.25, 0.3) is 0 Å². The molecule has 11 aromatic carbocycles. The molecule has 0 aliphatic rings. The average Bonchev–Trinajstić information content (AvgIpc) is 3.28. The summed E-state index contributed by atoms with van der Waals surface area (Å²) in [4.78, 5) is 0. The van der Waals surface area contributed by atoms with E-state index in [-0.39, 0.29) is 0 Å². The van der Waals surface area contributed by atoms with Crippen LogP contribution in [0, 0.1) is 0 Å². The number of benzene rings is 11. The summed E-state index contributed by atoms with van der Waals surface area (Å²) in [7, 11) is 0. The zero-order chi connectivity index (χ0) is 37.0. The standard InChI is InChI=1S/C56H36/c1-3-13-39(14-4-1)53-33-49(45-22-20-38-12-8-10-18-42(38)30-45)35-55-54(40-15-5-2-6-16-40)34-50(36-56(53)55)46-26-28-52-48(32-46)24-23-47-31-44(25-27-51(47)52)43-21-19-37-11-7-9-17-41(37)29-43/h1-36H. The molecule has 0 aromatic heterocycles. The first-order valence-corrected chi connectivity index (χ1v) is 19.4. The lowest BCUT2D eigenvalue weighted by Crippen LogP contribution is -1.91. The molecule has 0 bridgehead atoms. The molecule has 0 atom stereocenters. The Morgan fingerprint density at radius 2 is 0.500 bits per heavy atom. The minimum absolute atomic E-state index is 1.21. The first kappa shape index (κ1) is 32.2. The van der Waals surface area contributed by atoms with Gasteiger partial charge in [0.2, 0.25) is 0 Å². The molecule has 0 saturated carbocycles. The van der Waals surface area contributed by atoms with Crippen molar-refractivity contribution in [3.05, 3.63) is 218 Å². The molecule has 0 saturated heterocycles. The van der Waals surface area contributed by atoms with Crippen LogP contribution in [0.2, 0.25) is 0 Å². The Hall–Kier alpha value is -7.28. The Morgan fingerprint density at radius 3 is 0.946 bits per heavy atom. The average molecular weight is 709 g/mol. The lowest BCUT2D eigenvalue weighted by Gasteiger charge is -2.18. The molecule has 11 rings (SSSR count). The van der Waals surface area contributed by atoms with Crippen molar-refractivity contribution in [2.75, 3.05) is 0 Å². The second-order valence-corrected chi connectivity index (χ2v) is 14.9. The zero-order valence-corrected chi connectivity index (χ0v) is 30.8. The van der Waals surface area contributed by atoms with Crippen molar-refractivity contribution in [1.29, 1.82) is 0 Å². The van der Waals surface area contributed by atoms with Gasteiger partial charge < -0.3 is 0 Å². The molecule has 0 heterocycles. The minimum Gasteiger partial charge on any atom is -0.0622 e. The lowest BCUT2D eigenvalue weighted by atomic mass is 9.86. The molecule has 0 amide bonds. The maximum absolute atomic E-state index is 2.41. The summed E-state index contributed by atoms with van der Waals surface area (Å²) < 4.78 is 0. The fourth-order valence-corrected chi connectivity index (χ4v) is 8.68. The molecule has 0 aliphatic carbocycles. The molecule has 0 unspecified atom stereocenters. The van der Waals surface area contributed by atoms with Gasteiger partial charge in [0, 0.05) is 0 Å². The molecule has 0 N–H and O–H groups in total. The summed E-state index contributed by atoms with van der Waals surface area (Å²) in [6, 6.07) is 80.5. The van der Waals surface area contributed by atoms with Crippen LogP contribution in [0.1, 0.15) is 0 Å². The molecule has 11 aromatic rings. The van der Waals surface area contributed by atoms with Crippen LogP contribution in [0.3, 0.4) is 0 Å². The topological polar surface area (TPSA) is 0 Å². The van der Waals surface area contributed by atoms with Crippen LogP contribution in [-0.2, 0) is 0 Å². The molecule has 0 nitrogen and oxygen atoms in total. The first-order chi connectivity index (χ1) is 27.7. The monoisotopic (exact) mass is 708 g/mol. The Morgan fingerprint density at radius 1 is 0.161 bits per heavy atom. The Balaban J connectivity index is 1.08. The fraction of sp³-hybridized carbons (Fsp3) is 0. The van der Waals surface area contributed by atoms with Crippen LogP contribution in [0.15, 0.2) is 218 Å². The number of rotatable bonds is 5. The minimum atomic E-state index is 1.21. The van der Waals surface area contributed by atoms with E-state index in [0.29, 0.717) is 0 Å². The van der Waals surface area contributed by atoms with Crippen molar-refractivity contribution in [2.45, 2.75) is 0 Å². The second kappa shape index (κ2) is 13.2. The summed E-state index contributed by atoms with van der Waals surface area (Å²) in [6.07, 6.45) is 0. The van der Waals surface area contributed by atoms with E-state index in [9.17, 15) is 0 Å². The maximum atomic E-state index is 2.41. The second-order valence-electron chi connectivity index (χ2n) is 14.9. The van der Waals surface area contributed by atoms with E-state index >= 15 is 0 Å². The molecule has 56 heavy (non-hydrogen) atoms. The van der Waals surface area contributed by atoms with Crippen LogP contribution >= 0.6 is 0 Å². The first-order valence-electron chi connectivity index (χ1n) is 19.4. The van der Waals surface area contributed by atoms with Crippen molar-refractivity contribution >= 4 is 53.9 Å². The smallest absolute Gasteiger partial charge is 0.00926 e. The quantitative estimate of drug-likeness (QED) is 0.156. The van der Waals surface area contributed by atoms with E-state index in [1.165, 1.54) is 109 Å². The highest BCUT2D eigenvalue weighted by Crippen LogP contribution is 2.43. The highest BCUT2D eigenvalue weighted by molar-refractivity contribution is 6.12. The van der Waals surface area contributed by atoms with E-state index in [1.54, 1.807) is 0 Å². The summed E-state index contributed by atoms with van der Waals surface area (Å²) in [5.41, 5.74) is 12.2. The van der Waals surface area contributed by atoms with Crippen LogP contribution in [0.4, 0.5) is 0 Å². The van der Waals surface area contributed by atoms with Crippen molar-refractivity contribution in [1.82, 2.24) is 0 Å². The Labute approximate surface area is 326 Å². The van der Waals surface area contributed by atoms with Crippen LogP contribution in [0.25, 0.3) is 109 Å². The number of hydrogen-bond acceptors (Lipinski definition) is 0. The SMILES string of the molecule is c1ccc(-c2cc(-c3ccc4c(ccc5cc(-c6ccc7ccccc7c6)ccc54)c3)cc3c(-c4ccccc4)cc(-c4ccc5ccccc5c4)cc23)cc1.